The number of hydrogen-bond donors (Lipinski definition) is 2. The summed E-state index contributed by atoms with van der Waals surface area (Å²) >= 11 is 6.18. The molecule has 0 unspecified atom stereocenters. The van der Waals surface area contributed by atoms with Gasteiger partial charge in [0.1, 0.15) is 17.3 Å². The minimum Gasteiger partial charge on any atom is -0.366 e. The summed E-state index contributed by atoms with van der Waals surface area (Å²) in [6, 6.07) is 9.61. The third-order valence-corrected chi connectivity index (χ3v) is 4.80. The second-order valence-corrected chi connectivity index (χ2v) is 6.85. The van der Waals surface area contributed by atoms with Gasteiger partial charge in [0.25, 0.3) is 5.91 Å². The van der Waals surface area contributed by atoms with Crippen molar-refractivity contribution in [3.8, 4) is 0 Å². The molecule has 132 valence electrons. The SMILES string of the molecule is Cc1nc(NCc2ccccc2Cl)cc(C(=O)NC2CCCCC2)n1. The first-order valence-electron chi connectivity index (χ1n) is 8.75. The first-order chi connectivity index (χ1) is 12.1. The maximum absolute atomic E-state index is 12.5. The van der Waals surface area contributed by atoms with Crippen molar-refractivity contribution in [2.24, 2.45) is 0 Å². The lowest BCUT2D eigenvalue weighted by Gasteiger charge is -2.22. The highest BCUT2D eigenvalue weighted by atomic mass is 35.5. The molecule has 1 saturated carbocycles. The molecule has 0 aliphatic heterocycles. The third kappa shape index (κ3) is 4.92. The highest BCUT2D eigenvalue weighted by molar-refractivity contribution is 6.31. The number of halogens is 1. The van der Waals surface area contributed by atoms with Crippen LogP contribution in [-0.4, -0.2) is 21.9 Å². The van der Waals surface area contributed by atoms with E-state index in [2.05, 4.69) is 20.6 Å². The number of hydrogen-bond acceptors (Lipinski definition) is 4. The third-order valence-electron chi connectivity index (χ3n) is 4.43. The first kappa shape index (κ1) is 17.7. The van der Waals surface area contributed by atoms with Crippen molar-refractivity contribution in [1.29, 1.82) is 0 Å². The summed E-state index contributed by atoms with van der Waals surface area (Å²) < 4.78 is 0. The Bertz CT molecular complexity index is 744. The average molecular weight is 359 g/mol. The van der Waals surface area contributed by atoms with Gasteiger partial charge in [-0.2, -0.15) is 0 Å². The minimum atomic E-state index is -0.127. The lowest BCUT2D eigenvalue weighted by Crippen LogP contribution is -2.36. The van der Waals surface area contributed by atoms with Crippen LogP contribution in [0.25, 0.3) is 0 Å². The lowest BCUT2D eigenvalue weighted by molar-refractivity contribution is 0.0922. The molecular weight excluding hydrogens is 336 g/mol. The zero-order valence-corrected chi connectivity index (χ0v) is 15.1. The molecule has 1 aromatic carbocycles. The summed E-state index contributed by atoms with van der Waals surface area (Å²) in [6.45, 7) is 2.33. The van der Waals surface area contributed by atoms with Crippen LogP contribution in [0, 0.1) is 6.92 Å². The topological polar surface area (TPSA) is 66.9 Å². The molecule has 0 spiro atoms. The van der Waals surface area contributed by atoms with Crippen LogP contribution >= 0.6 is 11.6 Å². The Morgan fingerprint density at radius 3 is 2.72 bits per heavy atom. The number of nitrogens with one attached hydrogen (secondary N) is 2. The summed E-state index contributed by atoms with van der Waals surface area (Å²) in [5.74, 6) is 1.07. The second kappa shape index (κ2) is 8.30. The molecule has 25 heavy (non-hydrogen) atoms. The minimum absolute atomic E-state index is 0.127. The van der Waals surface area contributed by atoms with Gasteiger partial charge in [-0.3, -0.25) is 4.79 Å². The van der Waals surface area contributed by atoms with Gasteiger partial charge < -0.3 is 10.6 Å². The molecule has 5 nitrogen and oxygen atoms in total. The fourth-order valence-electron chi connectivity index (χ4n) is 3.11. The molecule has 3 rings (SSSR count). The predicted molar refractivity (Wildman–Crippen MR) is 99.9 cm³/mol. The van der Waals surface area contributed by atoms with Gasteiger partial charge in [-0.15, -0.1) is 0 Å². The first-order valence-corrected chi connectivity index (χ1v) is 9.13. The Morgan fingerprint density at radius 1 is 1.20 bits per heavy atom. The van der Waals surface area contributed by atoms with Crippen molar-refractivity contribution in [2.75, 3.05) is 5.32 Å². The Morgan fingerprint density at radius 2 is 1.96 bits per heavy atom. The second-order valence-electron chi connectivity index (χ2n) is 6.44. The van der Waals surface area contributed by atoms with E-state index in [0.29, 0.717) is 28.9 Å². The average Bonchev–Trinajstić information content (AvgIpc) is 2.61. The Labute approximate surface area is 153 Å². The molecule has 1 aliphatic carbocycles. The largest absolute Gasteiger partial charge is 0.366 e. The lowest BCUT2D eigenvalue weighted by atomic mass is 9.95. The van der Waals surface area contributed by atoms with Gasteiger partial charge in [-0.1, -0.05) is 49.1 Å². The fraction of sp³-hybridized carbons (Fsp3) is 0.421. The molecule has 2 aromatic rings. The molecule has 1 heterocycles. The molecule has 2 N–H and O–H groups in total. The van der Waals surface area contributed by atoms with Crippen molar-refractivity contribution >= 4 is 23.3 Å². The van der Waals surface area contributed by atoms with Crippen LogP contribution < -0.4 is 10.6 Å². The summed E-state index contributed by atoms with van der Waals surface area (Å²) in [4.78, 5) is 21.1. The van der Waals surface area contributed by atoms with Gasteiger partial charge in [-0.25, -0.2) is 9.97 Å². The zero-order chi connectivity index (χ0) is 17.6. The molecule has 6 heteroatoms. The van der Waals surface area contributed by atoms with E-state index in [1.54, 1.807) is 13.0 Å². The molecule has 0 saturated heterocycles. The van der Waals surface area contributed by atoms with Gasteiger partial charge >= 0.3 is 0 Å². The molecule has 1 fully saturated rings. The summed E-state index contributed by atoms with van der Waals surface area (Å²) in [5, 5.41) is 7.03. The molecule has 0 radical (unpaired) electrons. The number of aromatic nitrogens is 2. The standard InChI is InChI=1S/C19H23ClN4O/c1-13-22-17(19(25)24-15-8-3-2-4-9-15)11-18(23-13)21-12-14-7-5-6-10-16(14)20/h5-7,10-11,15H,2-4,8-9,12H2,1H3,(H,24,25)(H,21,22,23). The molecular formula is C19H23ClN4O. The highest BCUT2D eigenvalue weighted by Crippen LogP contribution is 2.19. The van der Waals surface area contributed by atoms with E-state index < -0.39 is 0 Å². The van der Waals surface area contributed by atoms with Crippen LogP contribution in [-0.2, 0) is 6.54 Å². The van der Waals surface area contributed by atoms with Gasteiger partial charge in [0.2, 0.25) is 0 Å². The van der Waals surface area contributed by atoms with Gasteiger partial charge in [0.15, 0.2) is 0 Å². The number of nitrogens with zero attached hydrogens (tertiary/aromatic N) is 2. The number of carbonyl (C=O) groups is 1. The van der Waals surface area contributed by atoms with E-state index in [1.807, 2.05) is 24.3 Å². The maximum Gasteiger partial charge on any atom is 0.270 e. The monoisotopic (exact) mass is 358 g/mol. The number of carbonyl (C=O) groups excluding carboxylic acids is 1. The van der Waals surface area contributed by atoms with Crippen LogP contribution in [0.4, 0.5) is 5.82 Å². The van der Waals surface area contributed by atoms with E-state index in [-0.39, 0.29) is 11.9 Å². The summed E-state index contributed by atoms with van der Waals surface area (Å²) in [6.07, 6.45) is 5.71. The van der Waals surface area contributed by atoms with Crippen molar-refractivity contribution in [2.45, 2.75) is 51.6 Å². The van der Waals surface area contributed by atoms with Crippen molar-refractivity contribution < 1.29 is 4.79 Å². The number of anilines is 1. The van der Waals surface area contributed by atoms with Crippen molar-refractivity contribution in [3.63, 3.8) is 0 Å². The van der Waals surface area contributed by atoms with E-state index in [0.717, 1.165) is 18.4 Å². The highest BCUT2D eigenvalue weighted by Gasteiger charge is 2.18. The van der Waals surface area contributed by atoms with Gasteiger partial charge in [0, 0.05) is 23.7 Å². The van der Waals surface area contributed by atoms with E-state index in [4.69, 9.17) is 11.6 Å². The van der Waals surface area contributed by atoms with Gasteiger partial charge in [-0.05, 0) is 31.4 Å². The molecule has 1 amide bonds. The van der Waals surface area contributed by atoms with Crippen LogP contribution in [0.3, 0.4) is 0 Å². The van der Waals surface area contributed by atoms with Crippen LogP contribution in [0.2, 0.25) is 5.02 Å². The van der Waals surface area contributed by atoms with Gasteiger partial charge in [0.05, 0.1) is 0 Å². The van der Waals surface area contributed by atoms with Crippen LogP contribution in [0.5, 0.6) is 0 Å². The summed E-state index contributed by atoms with van der Waals surface area (Å²) in [7, 11) is 0. The maximum atomic E-state index is 12.5. The number of amides is 1. The van der Waals surface area contributed by atoms with Crippen LogP contribution in [0.15, 0.2) is 30.3 Å². The number of benzene rings is 1. The van der Waals surface area contributed by atoms with E-state index in [9.17, 15) is 4.79 Å². The van der Waals surface area contributed by atoms with Crippen molar-refractivity contribution in [1.82, 2.24) is 15.3 Å². The quantitative estimate of drug-likeness (QED) is 0.843. The van der Waals surface area contributed by atoms with E-state index >= 15 is 0 Å². The Hall–Kier alpha value is -2.14. The predicted octanol–water partition coefficient (Wildman–Crippen LogP) is 4.11. The smallest absolute Gasteiger partial charge is 0.270 e. The molecule has 1 aromatic heterocycles. The van der Waals surface area contributed by atoms with Crippen LogP contribution in [0.1, 0.15) is 54.0 Å². The molecule has 0 bridgehead atoms. The van der Waals surface area contributed by atoms with E-state index in [1.165, 1.54) is 19.3 Å². The summed E-state index contributed by atoms with van der Waals surface area (Å²) in [5.41, 5.74) is 1.38. The Balaban J connectivity index is 1.67. The Kier molecular flexibility index (Phi) is 5.87. The normalized spacial score (nSPS) is 15.0. The number of aryl methyl sites for hydroxylation is 1. The molecule has 1 aliphatic rings. The zero-order valence-electron chi connectivity index (χ0n) is 14.4. The number of rotatable bonds is 5. The molecule has 0 atom stereocenters. The fourth-order valence-corrected chi connectivity index (χ4v) is 3.31. The van der Waals surface area contributed by atoms with Crippen molar-refractivity contribution in [3.05, 3.63) is 52.4 Å².